The van der Waals surface area contributed by atoms with Crippen LogP contribution in [0.25, 0.3) is 0 Å². The van der Waals surface area contributed by atoms with Crippen molar-refractivity contribution in [2.24, 2.45) is 0 Å². The number of sulfonamides is 1. The van der Waals surface area contributed by atoms with E-state index in [1.807, 2.05) is 29.8 Å². The number of nitrogens with zero attached hydrogens (tertiary/aromatic N) is 1. The molecule has 2 aromatic carbocycles. The number of rotatable bonds is 4. The lowest BCUT2D eigenvalue weighted by atomic mass is 10.2. The largest absolute Gasteiger partial charge is 0.371 e. The molecule has 0 aliphatic carbocycles. The molecule has 1 fully saturated rings. The molecule has 0 unspecified atom stereocenters. The number of nitrogens with one attached hydrogen (secondary N) is 2. The van der Waals surface area contributed by atoms with Gasteiger partial charge in [-0.1, -0.05) is 23.8 Å². The predicted molar refractivity (Wildman–Crippen MR) is 98.4 cm³/mol. The van der Waals surface area contributed by atoms with Crippen LogP contribution in [-0.2, 0) is 10.0 Å². The van der Waals surface area contributed by atoms with Crippen LogP contribution in [0.5, 0.6) is 0 Å². The minimum absolute atomic E-state index is 0.0547. The first-order valence-corrected chi connectivity index (χ1v) is 9.68. The molecule has 0 spiro atoms. The maximum absolute atomic E-state index is 12.2. The summed E-state index contributed by atoms with van der Waals surface area (Å²) in [7, 11) is -3.89. The van der Waals surface area contributed by atoms with E-state index in [2.05, 4.69) is 10.2 Å². The van der Waals surface area contributed by atoms with E-state index in [-0.39, 0.29) is 4.90 Å². The summed E-state index contributed by atoms with van der Waals surface area (Å²) in [6, 6.07) is 12.9. The number of urea groups is 1. The van der Waals surface area contributed by atoms with Gasteiger partial charge in [-0.2, -0.15) is 0 Å². The highest BCUT2D eigenvalue weighted by Gasteiger charge is 2.18. The predicted octanol–water partition coefficient (Wildman–Crippen LogP) is 3.11. The first-order valence-electron chi connectivity index (χ1n) is 8.19. The molecule has 2 amide bonds. The highest BCUT2D eigenvalue weighted by molar-refractivity contribution is 7.90. The number of anilines is 2. The van der Waals surface area contributed by atoms with E-state index < -0.39 is 16.1 Å². The Bertz CT molecular complexity index is 857. The van der Waals surface area contributed by atoms with Gasteiger partial charge in [-0.25, -0.2) is 17.9 Å². The molecule has 1 heterocycles. The van der Waals surface area contributed by atoms with Gasteiger partial charge in [0.2, 0.25) is 0 Å². The molecule has 2 aromatic rings. The Balaban J connectivity index is 1.68. The number of amides is 2. The number of benzene rings is 2. The molecule has 0 saturated carbocycles. The molecule has 132 valence electrons. The van der Waals surface area contributed by atoms with Crippen molar-refractivity contribution in [1.82, 2.24) is 4.72 Å². The Labute approximate surface area is 147 Å². The summed E-state index contributed by atoms with van der Waals surface area (Å²) in [5, 5.41) is 2.59. The molecular weight excluding hydrogens is 338 g/mol. The van der Waals surface area contributed by atoms with Crippen molar-refractivity contribution in [2.75, 3.05) is 23.3 Å². The van der Waals surface area contributed by atoms with Gasteiger partial charge >= 0.3 is 6.03 Å². The zero-order valence-corrected chi connectivity index (χ0v) is 14.8. The van der Waals surface area contributed by atoms with Crippen molar-refractivity contribution in [3.8, 4) is 0 Å². The molecule has 3 rings (SSSR count). The smallest absolute Gasteiger partial charge is 0.333 e. The van der Waals surface area contributed by atoms with E-state index >= 15 is 0 Å². The van der Waals surface area contributed by atoms with Crippen LogP contribution >= 0.6 is 0 Å². The molecule has 0 atom stereocenters. The summed E-state index contributed by atoms with van der Waals surface area (Å²) >= 11 is 0. The van der Waals surface area contributed by atoms with Gasteiger partial charge in [-0.3, -0.25) is 0 Å². The Kier molecular flexibility index (Phi) is 4.94. The van der Waals surface area contributed by atoms with Crippen molar-refractivity contribution in [2.45, 2.75) is 24.7 Å². The van der Waals surface area contributed by atoms with Crippen LogP contribution in [0.4, 0.5) is 16.2 Å². The van der Waals surface area contributed by atoms with Gasteiger partial charge < -0.3 is 10.2 Å². The fourth-order valence-corrected chi connectivity index (χ4v) is 3.72. The molecule has 2 N–H and O–H groups in total. The van der Waals surface area contributed by atoms with Crippen molar-refractivity contribution in [3.05, 3.63) is 54.1 Å². The second kappa shape index (κ2) is 7.14. The summed E-state index contributed by atoms with van der Waals surface area (Å²) in [6.45, 7) is 3.86. The van der Waals surface area contributed by atoms with E-state index in [9.17, 15) is 13.2 Å². The lowest BCUT2D eigenvalue weighted by molar-refractivity contribution is 0.256. The van der Waals surface area contributed by atoms with Gasteiger partial charge in [0.15, 0.2) is 0 Å². The summed E-state index contributed by atoms with van der Waals surface area (Å²) in [5.74, 6) is 0. The fraction of sp³-hybridized carbons (Fsp3) is 0.278. The van der Waals surface area contributed by atoms with Gasteiger partial charge in [0.1, 0.15) is 0 Å². The number of aryl methyl sites for hydroxylation is 1. The number of carbonyl (C=O) groups excluding carboxylic acids is 1. The standard InChI is InChI=1S/C18H21N3O3S/c1-14-7-9-17(10-8-14)25(23,24)20-18(22)19-15-5-4-6-16(13-15)21-11-2-3-12-21/h4-10,13H,2-3,11-12H2,1H3,(H2,19,20,22). The molecule has 0 radical (unpaired) electrons. The van der Waals surface area contributed by atoms with Crippen molar-refractivity contribution >= 4 is 27.4 Å². The van der Waals surface area contributed by atoms with E-state index in [0.29, 0.717) is 5.69 Å². The Morgan fingerprint density at radius 2 is 1.72 bits per heavy atom. The first kappa shape index (κ1) is 17.3. The third-order valence-corrected chi connectivity index (χ3v) is 5.48. The van der Waals surface area contributed by atoms with Crippen LogP contribution in [0.3, 0.4) is 0 Å². The minimum atomic E-state index is -3.89. The van der Waals surface area contributed by atoms with Crippen LogP contribution in [0.2, 0.25) is 0 Å². The quantitative estimate of drug-likeness (QED) is 0.879. The maximum atomic E-state index is 12.2. The fourth-order valence-electron chi connectivity index (χ4n) is 2.81. The molecule has 6 nitrogen and oxygen atoms in total. The van der Waals surface area contributed by atoms with E-state index in [0.717, 1.165) is 37.2 Å². The van der Waals surface area contributed by atoms with Gasteiger partial charge in [0, 0.05) is 24.5 Å². The lowest BCUT2D eigenvalue weighted by Crippen LogP contribution is -2.34. The third kappa shape index (κ3) is 4.30. The SMILES string of the molecule is Cc1ccc(S(=O)(=O)NC(=O)Nc2cccc(N3CCCC3)c2)cc1. The summed E-state index contributed by atoms with van der Waals surface area (Å²) in [5.41, 5.74) is 2.53. The van der Waals surface area contributed by atoms with Crippen molar-refractivity contribution in [1.29, 1.82) is 0 Å². The molecular formula is C18H21N3O3S. The zero-order valence-electron chi connectivity index (χ0n) is 14.0. The second-order valence-corrected chi connectivity index (χ2v) is 7.80. The van der Waals surface area contributed by atoms with Gasteiger partial charge in [0.25, 0.3) is 10.0 Å². The van der Waals surface area contributed by atoms with Gasteiger partial charge in [0.05, 0.1) is 4.90 Å². The highest BCUT2D eigenvalue weighted by Crippen LogP contribution is 2.23. The lowest BCUT2D eigenvalue weighted by Gasteiger charge is -2.18. The number of hydrogen-bond acceptors (Lipinski definition) is 4. The van der Waals surface area contributed by atoms with Crippen LogP contribution < -0.4 is 14.9 Å². The Morgan fingerprint density at radius 3 is 2.40 bits per heavy atom. The van der Waals surface area contributed by atoms with E-state index in [4.69, 9.17) is 0 Å². The zero-order chi connectivity index (χ0) is 17.9. The maximum Gasteiger partial charge on any atom is 0.333 e. The van der Waals surface area contributed by atoms with Crippen LogP contribution in [0, 0.1) is 6.92 Å². The summed E-state index contributed by atoms with van der Waals surface area (Å²) < 4.78 is 26.5. The van der Waals surface area contributed by atoms with E-state index in [1.165, 1.54) is 12.1 Å². The minimum Gasteiger partial charge on any atom is -0.371 e. The molecule has 25 heavy (non-hydrogen) atoms. The second-order valence-electron chi connectivity index (χ2n) is 6.12. The monoisotopic (exact) mass is 359 g/mol. The number of carbonyl (C=O) groups is 1. The van der Waals surface area contributed by atoms with Crippen LogP contribution in [-0.4, -0.2) is 27.5 Å². The first-order chi connectivity index (χ1) is 11.9. The van der Waals surface area contributed by atoms with Crippen molar-refractivity contribution < 1.29 is 13.2 Å². The topological polar surface area (TPSA) is 78.5 Å². The molecule has 1 aliphatic rings. The molecule has 1 aliphatic heterocycles. The normalized spacial score (nSPS) is 14.4. The van der Waals surface area contributed by atoms with Gasteiger partial charge in [-0.15, -0.1) is 0 Å². The summed E-state index contributed by atoms with van der Waals surface area (Å²) in [4.78, 5) is 14.4. The third-order valence-electron chi connectivity index (χ3n) is 4.13. The van der Waals surface area contributed by atoms with Gasteiger partial charge in [-0.05, 0) is 50.1 Å². The average Bonchev–Trinajstić information content (AvgIpc) is 3.09. The van der Waals surface area contributed by atoms with E-state index in [1.54, 1.807) is 18.2 Å². The molecule has 0 bridgehead atoms. The Morgan fingerprint density at radius 1 is 1.04 bits per heavy atom. The number of hydrogen-bond donors (Lipinski definition) is 2. The summed E-state index contributed by atoms with van der Waals surface area (Å²) in [6.07, 6.45) is 2.32. The van der Waals surface area contributed by atoms with Crippen LogP contribution in [0.15, 0.2) is 53.4 Å². The Hall–Kier alpha value is -2.54. The molecule has 7 heteroatoms. The van der Waals surface area contributed by atoms with Crippen LogP contribution in [0.1, 0.15) is 18.4 Å². The molecule has 0 aromatic heterocycles. The molecule has 1 saturated heterocycles. The van der Waals surface area contributed by atoms with Crippen molar-refractivity contribution in [3.63, 3.8) is 0 Å². The highest BCUT2D eigenvalue weighted by atomic mass is 32.2. The average molecular weight is 359 g/mol.